The molecule has 2 N–H and O–H groups in total. The van der Waals surface area contributed by atoms with Gasteiger partial charge in [0.25, 0.3) is 0 Å². The first kappa shape index (κ1) is 77.4. The lowest BCUT2D eigenvalue weighted by molar-refractivity contribution is 0.481. The van der Waals surface area contributed by atoms with Crippen molar-refractivity contribution >= 4 is 135 Å². The molecule has 4 spiro atoms. The van der Waals surface area contributed by atoms with Crippen LogP contribution in [0.2, 0.25) is 0 Å². The summed E-state index contributed by atoms with van der Waals surface area (Å²) in [6.07, 6.45) is 10.1. The van der Waals surface area contributed by atoms with E-state index >= 15 is 0 Å². The number of rotatable bonds is 7. The molecule has 131 heavy (non-hydrogen) atoms. The van der Waals surface area contributed by atoms with E-state index in [1.165, 1.54) is 247 Å². The highest BCUT2D eigenvalue weighted by molar-refractivity contribution is 7.26. The quantitative estimate of drug-likeness (QED) is 0.167. The van der Waals surface area contributed by atoms with Crippen LogP contribution in [-0.2, 0) is 21.7 Å². The first-order valence-electron chi connectivity index (χ1n) is 46.6. The Hall–Kier alpha value is -14.7. The lowest BCUT2D eigenvalue weighted by Crippen LogP contribution is -2.17. The molecule has 4 saturated carbocycles. The fourth-order valence-corrected chi connectivity index (χ4v) is 26.0. The van der Waals surface area contributed by atoms with Gasteiger partial charge in [-0.05, 0) is 257 Å². The molecule has 4 fully saturated rings. The monoisotopic (exact) mass is 1710 g/mol. The van der Waals surface area contributed by atoms with E-state index in [4.69, 9.17) is 0 Å². The normalized spacial score (nSPS) is 15.0. The van der Waals surface area contributed by atoms with Crippen molar-refractivity contribution in [2.75, 3.05) is 10.2 Å². The fourth-order valence-electron chi connectivity index (χ4n) is 23.6. The molecule has 0 bridgehead atoms. The highest BCUT2D eigenvalue weighted by atomic mass is 32.1. The first-order chi connectivity index (χ1) is 64.6. The molecule has 20 aromatic carbocycles. The van der Waals surface area contributed by atoms with Crippen LogP contribution in [0.15, 0.2) is 413 Å². The molecule has 30 rings (SSSR count). The molecule has 0 saturated heterocycles. The van der Waals surface area contributed by atoms with E-state index in [0.29, 0.717) is 16.6 Å². The number of fused-ring (bicyclic) bond motifs is 22. The maximum atomic E-state index is 10.2. The number of phenols is 1. The molecule has 5 heteroatoms. The van der Waals surface area contributed by atoms with Crippen LogP contribution in [-0.4, -0.2) is 5.11 Å². The summed E-state index contributed by atoms with van der Waals surface area (Å²) in [6.45, 7) is 4.45. The Bertz CT molecular complexity index is 8110. The molecule has 0 atom stereocenters. The average molecular weight is 1710 g/mol. The number of nitrogens with zero attached hydrogens (tertiary/aromatic N) is 1. The van der Waals surface area contributed by atoms with Crippen LogP contribution < -0.4 is 10.2 Å². The topological polar surface area (TPSA) is 35.5 Å². The van der Waals surface area contributed by atoms with E-state index < -0.39 is 0 Å². The molecule has 8 aliphatic carbocycles. The highest BCUT2D eigenvalue weighted by Gasteiger charge is 2.54. The van der Waals surface area contributed by atoms with Crippen LogP contribution in [0, 0.1) is 13.8 Å². The van der Waals surface area contributed by atoms with Gasteiger partial charge in [0.2, 0.25) is 0 Å². The molecule has 624 valence electrons. The van der Waals surface area contributed by atoms with Gasteiger partial charge < -0.3 is 15.3 Å². The van der Waals surface area contributed by atoms with E-state index in [0.717, 1.165) is 16.8 Å². The van der Waals surface area contributed by atoms with E-state index in [1.807, 2.05) is 34.8 Å². The van der Waals surface area contributed by atoms with Crippen molar-refractivity contribution in [2.24, 2.45) is 0 Å². The van der Waals surface area contributed by atoms with Crippen molar-refractivity contribution in [2.45, 2.75) is 86.9 Å². The number of para-hydroxylation sites is 2. The molecule has 0 unspecified atom stereocenters. The van der Waals surface area contributed by atoms with Crippen molar-refractivity contribution in [3.05, 3.63) is 468 Å². The van der Waals surface area contributed by atoms with Gasteiger partial charge in [0.15, 0.2) is 0 Å². The molecular formula is C126H92N2OS2. The number of nitrogens with one attached hydrogen (secondary N) is 1. The van der Waals surface area contributed by atoms with E-state index in [-0.39, 0.29) is 10.8 Å². The number of hydrogen-bond acceptors (Lipinski definition) is 5. The smallest absolute Gasteiger partial charge is 0.123 e. The summed E-state index contributed by atoms with van der Waals surface area (Å²) in [5.74, 6) is 0.390. The Kier molecular flexibility index (Phi) is 17.8. The number of phenolic OH excluding ortho intramolecular Hbond substituents is 1. The minimum atomic E-state index is 0.139. The minimum absolute atomic E-state index is 0.139. The molecule has 8 aliphatic rings. The predicted octanol–water partition coefficient (Wildman–Crippen LogP) is 34.9. The second kappa shape index (κ2) is 30.2. The zero-order chi connectivity index (χ0) is 86.8. The van der Waals surface area contributed by atoms with Crippen LogP contribution in [0.5, 0.6) is 5.75 Å². The number of aromatic hydroxyl groups is 1. The number of benzene rings is 20. The molecule has 0 aliphatic heterocycles. The Morgan fingerprint density at radius 1 is 0.221 bits per heavy atom. The van der Waals surface area contributed by atoms with Gasteiger partial charge in [0, 0.05) is 80.2 Å². The number of hydrogen-bond donors (Lipinski definition) is 2. The zero-order valence-electron chi connectivity index (χ0n) is 73.1. The van der Waals surface area contributed by atoms with Crippen molar-refractivity contribution in [3.8, 4) is 72.5 Å². The summed E-state index contributed by atoms with van der Waals surface area (Å²) in [5, 5.41) is 30.0. The standard InChI is InChI=1S/C43H29NS.C24H17NS.2C20H16.C19H14O/c1-2-12-28(13-3-1)29-14-5-8-21-37(29)44(39-22-11-17-33-31-16-6-9-23-40(31)45-42(33)39)38-25-24-32-30-15-4-7-19-35(30)43(26-27-43)36-20-10-18-34(38)41(32)36;1-2-9-17(10-3-1)18-11-4-6-14-21(18)25-22-15-8-13-20-19-12-5-7-16-23(19)26-24(20)22;2*1-13-9-10-16-15-5-2-3-7-17(15)20(11-12-20)18-8-4-6-14(13)19(16)18;20-17-9-8-13-12-4-1-2-6-15(12)19(10-11-19)16-7-3-5-14(17)18(13)16/h1-25H,26-27H2;1-16,25H;2*2-10H,11-12H2,1H3;1-9,20H,10-11H2. The van der Waals surface area contributed by atoms with Gasteiger partial charge in [0.1, 0.15) is 5.75 Å². The zero-order valence-corrected chi connectivity index (χ0v) is 74.8. The van der Waals surface area contributed by atoms with Gasteiger partial charge in [-0.3, -0.25) is 0 Å². The summed E-state index contributed by atoms with van der Waals surface area (Å²) >= 11 is 3.74. The van der Waals surface area contributed by atoms with E-state index in [1.54, 1.807) is 22.3 Å². The second-order valence-electron chi connectivity index (χ2n) is 37.3. The van der Waals surface area contributed by atoms with Gasteiger partial charge >= 0.3 is 0 Å². The van der Waals surface area contributed by atoms with Gasteiger partial charge in [-0.25, -0.2) is 0 Å². The molecular weight excluding hydrogens is 1620 g/mol. The summed E-state index contributed by atoms with van der Waals surface area (Å²) in [6, 6.07) is 150. The SMILES string of the molecule is Cc1ccc2c3c(cccc13)C1(CC1)c1ccccc1-2.Cc1ccc2c3c(cccc13)C1(CC1)c1ccccc1-2.Oc1ccc2c3c(cccc13)C1(CC1)c1ccccc1-2.c1ccc(-c2ccccc2N(c2ccc3c4c(cccc24)C2(CC2)c2ccccc2-3)c2cccc3c2sc2ccccc23)cc1.c1ccc(-c2ccccc2Nc2cccc3c2sc2ccccc23)cc1. The van der Waals surface area contributed by atoms with Gasteiger partial charge in [-0.15, -0.1) is 22.7 Å². The Labute approximate surface area is 771 Å². The summed E-state index contributed by atoms with van der Waals surface area (Å²) in [4.78, 5) is 2.54. The molecule has 22 aromatic rings. The molecule has 0 radical (unpaired) electrons. The third-order valence-electron chi connectivity index (χ3n) is 30.3. The molecule has 2 heterocycles. The second-order valence-corrected chi connectivity index (χ2v) is 39.4. The maximum absolute atomic E-state index is 10.2. The third-order valence-corrected chi connectivity index (χ3v) is 32.8. The van der Waals surface area contributed by atoms with Crippen LogP contribution in [0.4, 0.5) is 28.4 Å². The lowest BCUT2D eigenvalue weighted by atomic mass is 9.74. The molecule has 0 amide bonds. The summed E-state index contributed by atoms with van der Waals surface area (Å²) < 4.78 is 5.26. The highest BCUT2D eigenvalue weighted by Crippen LogP contribution is 2.67. The Balaban J connectivity index is 0.0000000903. The fraction of sp³-hybridized carbons (Fsp3) is 0.111. The molecule has 2 aromatic heterocycles. The van der Waals surface area contributed by atoms with Gasteiger partial charge in [-0.2, -0.15) is 0 Å². The first-order valence-corrected chi connectivity index (χ1v) is 48.2. The van der Waals surface area contributed by atoms with Crippen LogP contribution >= 0.6 is 22.7 Å². The number of thiophene rings is 2. The van der Waals surface area contributed by atoms with Crippen molar-refractivity contribution in [1.82, 2.24) is 0 Å². The van der Waals surface area contributed by atoms with E-state index in [9.17, 15) is 5.11 Å². The van der Waals surface area contributed by atoms with Crippen molar-refractivity contribution in [1.29, 1.82) is 0 Å². The van der Waals surface area contributed by atoms with Crippen LogP contribution in [0.25, 0.3) is 150 Å². The third kappa shape index (κ3) is 12.1. The number of anilines is 5. The lowest BCUT2D eigenvalue weighted by Gasteiger charge is -2.33. The average Bonchev–Trinajstić information content (AvgIpc) is 1.55. The summed E-state index contributed by atoms with van der Waals surface area (Å²) in [7, 11) is 0. The minimum Gasteiger partial charge on any atom is -0.507 e. The van der Waals surface area contributed by atoms with Crippen molar-refractivity contribution in [3.63, 3.8) is 0 Å². The van der Waals surface area contributed by atoms with Crippen molar-refractivity contribution < 1.29 is 5.11 Å². The van der Waals surface area contributed by atoms with E-state index in [2.05, 4.69) is 424 Å². The maximum Gasteiger partial charge on any atom is 0.123 e. The Morgan fingerprint density at radius 2 is 0.542 bits per heavy atom. The predicted molar refractivity (Wildman–Crippen MR) is 556 cm³/mol. The van der Waals surface area contributed by atoms with Gasteiger partial charge in [0.05, 0.1) is 32.1 Å². The summed E-state index contributed by atoms with van der Waals surface area (Å²) in [5.41, 5.74) is 37.7. The number of aryl methyl sites for hydroxylation is 2. The Morgan fingerprint density at radius 3 is 1.04 bits per heavy atom. The van der Waals surface area contributed by atoms with Crippen LogP contribution in [0.1, 0.15) is 107 Å². The van der Waals surface area contributed by atoms with Gasteiger partial charge in [-0.1, -0.05) is 364 Å². The molecule has 3 nitrogen and oxygen atoms in total. The largest absolute Gasteiger partial charge is 0.507 e. The van der Waals surface area contributed by atoms with Crippen LogP contribution in [0.3, 0.4) is 0 Å².